The minimum absolute atomic E-state index is 0.128. The molecule has 0 aromatic heterocycles. The van der Waals surface area contributed by atoms with Gasteiger partial charge in [-0.15, -0.1) is 0 Å². The maximum atomic E-state index is 12.9. The van der Waals surface area contributed by atoms with E-state index in [9.17, 15) is 4.39 Å². The molecule has 2 aliphatic rings. The zero-order valence-corrected chi connectivity index (χ0v) is 13.0. The first-order valence-corrected chi connectivity index (χ1v) is 8.74. The average molecular weight is 292 g/mol. The zero-order valence-electron chi connectivity index (χ0n) is 13.0. The van der Waals surface area contributed by atoms with E-state index >= 15 is 0 Å². The molecule has 0 amide bonds. The van der Waals surface area contributed by atoms with Crippen LogP contribution in [0.15, 0.2) is 24.3 Å². The maximum Gasteiger partial charge on any atom is 0.127 e. The molecule has 1 saturated heterocycles. The lowest BCUT2D eigenvalue weighted by Crippen LogP contribution is -3.29. The summed E-state index contributed by atoms with van der Waals surface area (Å²) in [6.07, 6.45) is 8.68. The molecule has 0 radical (unpaired) electrons. The highest BCUT2D eigenvalue weighted by molar-refractivity contribution is 5.14. The molecule has 1 aromatic rings. The molecular weight excluding hydrogens is 263 g/mol. The number of hydrogen-bond acceptors (Lipinski definition) is 0. The van der Waals surface area contributed by atoms with Crippen molar-refractivity contribution < 1.29 is 14.2 Å². The van der Waals surface area contributed by atoms with Crippen molar-refractivity contribution in [2.75, 3.05) is 26.2 Å². The number of hydrogen-bond donors (Lipinski definition) is 2. The number of halogens is 1. The summed E-state index contributed by atoms with van der Waals surface area (Å²) in [7, 11) is 0. The molecule has 3 rings (SSSR count). The Hall–Kier alpha value is -0.930. The van der Waals surface area contributed by atoms with Gasteiger partial charge in [-0.3, -0.25) is 0 Å². The van der Waals surface area contributed by atoms with Gasteiger partial charge in [0, 0.05) is 5.56 Å². The second-order valence-electron chi connectivity index (χ2n) is 6.90. The fourth-order valence-electron chi connectivity index (χ4n) is 4.09. The van der Waals surface area contributed by atoms with Crippen LogP contribution in [0.5, 0.6) is 0 Å². The lowest BCUT2D eigenvalue weighted by Gasteiger charge is -2.34. The predicted molar refractivity (Wildman–Crippen MR) is 83.0 cm³/mol. The monoisotopic (exact) mass is 292 g/mol. The summed E-state index contributed by atoms with van der Waals surface area (Å²) in [6.45, 7) is 6.23. The lowest BCUT2D eigenvalue weighted by molar-refractivity contribution is -1.03. The van der Waals surface area contributed by atoms with Crippen molar-refractivity contribution >= 4 is 0 Å². The molecule has 0 spiro atoms. The number of quaternary nitrogens is 2. The van der Waals surface area contributed by atoms with E-state index in [1.54, 1.807) is 17.0 Å². The van der Waals surface area contributed by atoms with Crippen LogP contribution in [0.2, 0.25) is 0 Å². The van der Waals surface area contributed by atoms with Crippen LogP contribution in [0.25, 0.3) is 0 Å². The summed E-state index contributed by atoms with van der Waals surface area (Å²) in [5.74, 6) is -0.128. The molecule has 116 valence electrons. The topological polar surface area (TPSA) is 8.88 Å². The van der Waals surface area contributed by atoms with Crippen LogP contribution in [0.4, 0.5) is 4.39 Å². The molecule has 1 aromatic carbocycles. The second kappa shape index (κ2) is 7.37. The zero-order chi connectivity index (χ0) is 14.5. The minimum Gasteiger partial charge on any atom is -0.323 e. The molecule has 1 aliphatic carbocycles. The van der Waals surface area contributed by atoms with E-state index in [2.05, 4.69) is 0 Å². The van der Waals surface area contributed by atoms with Gasteiger partial charge in [-0.1, -0.05) is 25.0 Å². The first kappa shape index (κ1) is 15.0. The fourth-order valence-corrected chi connectivity index (χ4v) is 4.09. The minimum atomic E-state index is -0.128. The Morgan fingerprint density at radius 3 is 2.10 bits per heavy atom. The van der Waals surface area contributed by atoms with Crippen molar-refractivity contribution in [3.8, 4) is 0 Å². The summed E-state index contributed by atoms with van der Waals surface area (Å²) in [5, 5.41) is 0. The largest absolute Gasteiger partial charge is 0.323 e. The third kappa shape index (κ3) is 4.27. The van der Waals surface area contributed by atoms with Crippen LogP contribution >= 0.6 is 0 Å². The van der Waals surface area contributed by atoms with Gasteiger partial charge in [0.1, 0.15) is 38.5 Å². The normalized spacial score (nSPS) is 28.2. The van der Waals surface area contributed by atoms with Gasteiger partial charge in [0.15, 0.2) is 0 Å². The molecule has 21 heavy (non-hydrogen) atoms. The fraction of sp³-hybridized carbons (Fsp3) is 0.667. The van der Waals surface area contributed by atoms with Crippen molar-refractivity contribution in [2.45, 2.75) is 51.1 Å². The Bertz CT molecular complexity index is 415. The summed E-state index contributed by atoms with van der Waals surface area (Å²) < 4.78 is 12.9. The van der Waals surface area contributed by atoms with Crippen molar-refractivity contribution in [2.24, 2.45) is 0 Å². The van der Waals surface area contributed by atoms with E-state index in [0.29, 0.717) is 0 Å². The molecular formula is C18H29FN2+2. The predicted octanol–water partition coefficient (Wildman–Crippen LogP) is 0.832. The van der Waals surface area contributed by atoms with Crippen LogP contribution in [-0.4, -0.2) is 32.2 Å². The highest BCUT2D eigenvalue weighted by atomic mass is 19.1. The second-order valence-corrected chi connectivity index (χ2v) is 6.90. The van der Waals surface area contributed by atoms with Gasteiger partial charge in [0.05, 0.1) is 6.04 Å². The molecule has 2 fully saturated rings. The summed E-state index contributed by atoms with van der Waals surface area (Å²) >= 11 is 0. The highest BCUT2D eigenvalue weighted by Crippen LogP contribution is 2.15. The molecule has 0 bridgehead atoms. The first-order valence-electron chi connectivity index (χ1n) is 8.74. The number of piperazine rings is 1. The van der Waals surface area contributed by atoms with Gasteiger partial charge < -0.3 is 9.80 Å². The molecule has 0 atom stereocenters. The standard InChI is InChI=1S/C18H27FN2/c19-17-9-7-16(8-10-17)15-20-11-13-21(14-12-20)18-5-3-1-2-4-6-18/h7-10,18H,1-6,11-15H2/p+2. The van der Waals surface area contributed by atoms with Gasteiger partial charge in [-0.2, -0.15) is 0 Å². The summed E-state index contributed by atoms with van der Waals surface area (Å²) in [5.41, 5.74) is 1.27. The van der Waals surface area contributed by atoms with Crippen LogP contribution in [-0.2, 0) is 6.54 Å². The first-order chi connectivity index (χ1) is 10.3. The van der Waals surface area contributed by atoms with E-state index in [0.717, 1.165) is 12.6 Å². The van der Waals surface area contributed by atoms with Crippen LogP contribution in [0.3, 0.4) is 0 Å². The SMILES string of the molecule is Fc1ccc(C[NH+]2CC[NH+](C3CCCCCC3)CC2)cc1. The quantitative estimate of drug-likeness (QED) is 0.764. The average Bonchev–Trinajstić information content (AvgIpc) is 2.80. The molecule has 2 nitrogen and oxygen atoms in total. The van der Waals surface area contributed by atoms with Gasteiger partial charge in [-0.25, -0.2) is 4.39 Å². The number of rotatable bonds is 3. The van der Waals surface area contributed by atoms with E-state index in [1.165, 1.54) is 70.3 Å². The Balaban J connectivity index is 1.47. The van der Waals surface area contributed by atoms with Crippen LogP contribution in [0, 0.1) is 5.82 Å². The van der Waals surface area contributed by atoms with Crippen LogP contribution < -0.4 is 9.80 Å². The molecule has 0 unspecified atom stereocenters. The van der Waals surface area contributed by atoms with Gasteiger partial charge in [0.2, 0.25) is 0 Å². The van der Waals surface area contributed by atoms with E-state index < -0.39 is 0 Å². The van der Waals surface area contributed by atoms with Crippen LogP contribution in [0.1, 0.15) is 44.1 Å². The molecule has 1 heterocycles. The molecule has 1 saturated carbocycles. The molecule has 3 heteroatoms. The van der Waals surface area contributed by atoms with E-state index in [-0.39, 0.29) is 5.82 Å². The van der Waals surface area contributed by atoms with Gasteiger partial charge in [0.25, 0.3) is 0 Å². The van der Waals surface area contributed by atoms with Crippen molar-refractivity contribution in [3.05, 3.63) is 35.6 Å². The van der Waals surface area contributed by atoms with Crippen molar-refractivity contribution in [1.29, 1.82) is 0 Å². The smallest absolute Gasteiger partial charge is 0.127 e. The van der Waals surface area contributed by atoms with Gasteiger partial charge in [-0.05, 0) is 37.8 Å². The molecule has 2 N–H and O–H groups in total. The lowest BCUT2D eigenvalue weighted by atomic mass is 10.1. The Labute approximate surface area is 127 Å². The number of benzene rings is 1. The summed E-state index contributed by atoms with van der Waals surface area (Å²) in [6, 6.07) is 7.98. The van der Waals surface area contributed by atoms with Crippen molar-refractivity contribution in [1.82, 2.24) is 0 Å². The van der Waals surface area contributed by atoms with Crippen molar-refractivity contribution in [3.63, 3.8) is 0 Å². The van der Waals surface area contributed by atoms with E-state index in [4.69, 9.17) is 0 Å². The molecule has 1 aliphatic heterocycles. The number of nitrogens with one attached hydrogen (secondary N) is 2. The maximum absolute atomic E-state index is 12.9. The Morgan fingerprint density at radius 1 is 0.857 bits per heavy atom. The summed E-state index contributed by atoms with van der Waals surface area (Å²) in [4.78, 5) is 3.53. The van der Waals surface area contributed by atoms with Gasteiger partial charge >= 0.3 is 0 Å². The highest BCUT2D eigenvalue weighted by Gasteiger charge is 2.29. The van der Waals surface area contributed by atoms with E-state index in [1.807, 2.05) is 17.0 Å². The third-order valence-electron chi connectivity index (χ3n) is 5.40. The third-order valence-corrected chi connectivity index (χ3v) is 5.40. The Morgan fingerprint density at radius 2 is 1.48 bits per heavy atom. The Kier molecular flexibility index (Phi) is 5.26.